The van der Waals surface area contributed by atoms with Crippen molar-refractivity contribution in [2.24, 2.45) is 0 Å². The van der Waals surface area contributed by atoms with E-state index in [1.807, 2.05) is 45.9 Å². The van der Waals surface area contributed by atoms with Crippen molar-refractivity contribution in [2.45, 2.75) is 46.3 Å². The Labute approximate surface area is 142 Å². The van der Waals surface area contributed by atoms with Crippen LogP contribution in [-0.4, -0.2) is 12.0 Å². The molecule has 2 rings (SSSR count). The molecule has 1 N–H and O–H groups in total. The van der Waals surface area contributed by atoms with Gasteiger partial charge in [-0.25, -0.2) is 4.39 Å². The van der Waals surface area contributed by atoms with Crippen LogP contribution in [0, 0.1) is 19.7 Å². The predicted octanol–water partition coefficient (Wildman–Crippen LogP) is 4.48. The molecule has 0 aliphatic carbocycles. The number of carbonyl (C=O) groups excluding carboxylic acids is 1. The van der Waals surface area contributed by atoms with Crippen molar-refractivity contribution >= 4 is 5.91 Å². The molecule has 2 atom stereocenters. The summed E-state index contributed by atoms with van der Waals surface area (Å²) in [6.07, 6.45) is 0.00317. The van der Waals surface area contributed by atoms with Crippen molar-refractivity contribution in [1.29, 1.82) is 0 Å². The maximum atomic E-state index is 13.0. The summed E-state index contributed by atoms with van der Waals surface area (Å²) in [7, 11) is 0. The smallest absolute Gasteiger partial charge is 0.261 e. The molecule has 0 spiro atoms. The van der Waals surface area contributed by atoms with Crippen LogP contribution in [0.4, 0.5) is 4.39 Å². The number of carbonyl (C=O) groups is 1. The summed E-state index contributed by atoms with van der Waals surface area (Å²) in [6.45, 7) is 7.78. The first-order chi connectivity index (χ1) is 11.4. The third-order valence-corrected chi connectivity index (χ3v) is 4.22. The Bertz CT molecular complexity index is 697. The third-order valence-electron chi connectivity index (χ3n) is 4.22. The minimum atomic E-state index is -0.562. The third kappa shape index (κ3) is 4.34. The number of aryl methyl sites for hydroxylation is 1. The van der Waals surface area contributed by atoms with Gasteiger partial charge in [0.15, 0.2) is 6.10 Å². The number of ether oxygens (including phenoxy) is 1. The summed E-state index contributed by atoms with van der Waals surface area (Å²) >= 11 is 0. The zero-order valence-electron chi connectivity index (χ0n) is 14.6. The van der Waals surface area contributed by atoms with Gasteiger partial charge in [0.2, 0.25) is 0 Å². The van der Waals surface area contributed by atoms with Crippen LogP contribution in [0.3, 0.4) is 0 Å². The minimum Gasteiger partial charge on any atom is -0.480 e. The summed E-state index contributed by atoms with van der Waals surface area (Å²) in [5.74, 6) is 0.267. The largest absolute Gasteiger partial charge is 0.480 e. The van der Waals surface area contributed by atoms with Crippen LogP contribution in [-0.2, 0) is 4.79 Å². The monoisotopic (exact) mass is 329 g/mol. The van der Waals surface area contributed by atoms with Crippen LogP contribution in [0.1, 0.15) is 43.0 Å². The van der Waals surface area contributed by atoms with Crippen LogP contribution in [0.15, 0.2) is 42.5 Å². The Morgan fingerprint density at radius 2 is 1.83 bits per heavy atom. The number of benzene rings is 2. The van der Waals surface area contributed by atoms with Crippen LogP contribution in [0.5, 0.6) is 5.75 Å². The second-order valence-electron chi connectivity index (χ2n) is 5.99. The molecule has 0 bridgehead atoms. The molecule has 0 aliphatic heterocycles. The Balaban J connectivity index is 2.05. The van der Waals surface area contributed by atoms with Gasteiger partial charge < -0.3 is 10.1 Å². The first kappa shape index (κ1) is 18.0. The molecular weight excluding hydrogens is 305 g/mol. The molecule has 0 aliphatic rings. The van der Waals surface area contributed by atoms with Crippen LogP contribution in [0.2, 0.25) is 0 Å². The molecule has 0 heterocycles. The number of hydrogen-bond acceptors (Lipinski definition) is 2. The van der Waals surface area contributed by atoms with Gasteiger partial charge in [-0.1, -0.05) is 31.2 Å². The number of rotatable bonds is 6. The Hall–Kier alpha value is -2.36. The van der Waals surface area contributed by atoms with Crippen molar-refractivity contribution in [3.63, 3.8) is 0 Å². The lowest BCUT2D eigenvalue weighted by molar-refractivity contribution is -0.128. The molecule has 0 radical (unpaired) electrons. The Kier molecular flexibility index (Phi) is 5.96. The van der Waals surface area contributed by atoms with E-state index in [0.29, 0.717) is 6.42 Å². The van der Waals surface area contributed by atoms with Crippen molar-refractivity contribution in [3.8, 4) is 5.75 Å². The number of amides is 1. The van der Waals surface area contributed by atoms with Gasteiger partial charge in [-0.3, -0.25) is 4.79 Å². The summed E-state index contributed by atoms with van der Waals surface area (Å²) in [5, 5.41) is 2.93. The van der Waals surface area contributed by atoms with E-state index in [0.717, 1.165) is 22.4 Å². The maximum Gasteiger partial charge on any atom is 0.261 e. The average Bonchev–Trinajstić information content (AvgIpc) is 2.56. The minimum absolute atomic E-state index is 0.171. The molecule has 0 saturated carbocycles. The van der Waals surface area contributed by atoms with Gasteiger partial charge in [0.25, 0.3) is 5.91 Å². The number of nitrogens with one attached hydrogen (secondary N) is 1. The van der Waals surface area contributed by atoms with Gasteiger partial charge in [-0.2, -0.15) is 0 Å². The van der Waals surface area contributed by atoms with Crippen molar-refractivity contribution in [2.75, 3.05) is 0 Å². The highest BCUT2D eigenvalue weighted by Gasteiger charge is 2.21. The zero-order chi connectivity index (χ0) is 17.7. The molecule has 3 nitrogen and oxygen atoms in total. The van der Waals surface area contributed by atoms with Crippen molar-refractivity contribution in [1.82, 2.24) is 5.32 Å². The molecule has 0 unspecified atom stereocenters. The van der Waals surface area contributed by atoms with E-state index < -0.39 is 6.10 Å². The van der Waals surface area contributed by atoms with E-state index >= 15 is 0 Å². The van der Waals surface area contributed by atoms with Gasteiger partial charge in [-0.15, -0.1) is 0 Å². The Morgan fingerprint density at radius 1 is 1.17 bits per heavy atom. The lowest BCUT2D eigenvalue weighted by Gasteiger charge is -2.22. The molecular formula is C20H24FNO2. The fraction of sp³-hybridized carbons (Fsp3) is 0.350. The second kappa shape index (κ2) is 7.95. The van der Waals surface area contributed by atoms with Crippen LogP contribution < -0.4 is 10.1 Å². The Morgan fingerprint density at radius 3 is 2.46 bits per heavy atom. The van der Waals surface area contributed by atoms with Crippen LogP contribution in [0.25, 0.3) is 0 Å². The number of hydrogen-bond donors (Lipinski definition) is 1. The highest BCUT2D eigenvalue weighted by molar-refractivity contribution is 5.81. The summed E-state index contributed by atoms with van der Waals surface area (Å²) in [4.78, 5) is 12.5. The maximum absolute atomic E-state index is 13.0. The molecule has 24 heavy (non-hydrogen) atoms. The first-order valence-corrected chi connectivity index (χ1v) is 8.21. The molecule has 0 aromatic heterocycles. The van der Waals surface area contributed by atoms with Gasteiger partial charge in [-0.05, 0) is 62.1 Å². The molecule has 2 aromatic rings. The zero-order valence-corrected chi connectivity index (χ0v) is 14.6. The van der Waals surface area contributed by atoms with E-state index in [4.69, 9.17) is 4.74 Å². The van der Waals surface area contributed by atoms with Crippen molar-refractivity contribution in [3.05, 3.63) is 65.0 Å². The van der Waals surface area contributed by atoms with E-state index in [1.165, 1.54) is 12.1 Å². The summed E-state index contributed by atoms with van der Waals surface area (Å²) in [5.41, 5.74) is 3.02. The lowest BCUT2D eigenvalue weighted by atomic mass is 10.1. The van der Waals surface area contributed by atoms with E-state index in [-0.39, 0.29) is 17.8 Å². The SMILES string of the molecule is CC[C@@H](Oc1cccc(C)c1C)C(=O)N[C@H](C)c1ccc(F)cc1. The lowest BCUT2D eigenvalue weighted by Crippen LogP contribution is -2.39. The molecule has 0 saturated heterocycles. The van der Waals surface area contributed by atoms with Gasteiger partial charge in [0.05, 0.1) is 6.04 Å². The van der Waals surface area contributed by atoms with Gasteiger partial charge in [0.1, 0.15) is 11.6 Å². The van der Waals surface area contributed by atoms with E-state index in [1.54, 1.807) is 12.1 Å². The van der Waals surface area contributed by atoms with Gasteiger partial charge in [0, 0.05) is 0 Å². The quantitative estimate of drug-likeness (QED) is 0.849. The summed E-state index contributed by atoms with van der Waals surface area (Å²) < 4.78 is 18.9. The van der Waals surface area contributed by atoms with Gasteiger partial charge >= 0.3 is 0 Å². The fourth-order valence-corrected chi connectivity index (χ4v) is 2.47. The highest BCUT2D eigenvalue weighted by Crippen LogP contribution is 2.23. The normalized spacial score (nSPS) is 13.2. The summed E-state index contributed by atoms with van der Waals surface area (Å²) in [6, 6.07) is 11.7. The first-order valence-electron chi connectivity index (χ1n) is 8.21. The average molecular weight is 329 g/mol. The molecule has 0 fully saturated rings. The molecule has 2 aromatic carbocycles. The van der Waals surface area contributed by atoms with E-state index in [2.05, 4.69) is 5.32 Å². The number of halogens is 1. The molecule has 128 valence electrons. The van der Waals surface area contributed by atoms with Crippen molar-refractivity contribution < 1.29 is 13.9 Å². The fourth-order valence-electron chi connectivity index (χ4n) is 2.47. The predicted molar refractivity (Wildman–Crippen MR) is 93.6 cm³/mol. The van der Waals surface area contributed by atoms with Crippen LogP contribution >= 0.6 is 0 Å². The molecule has 1 amide bonds. The topological polar surface area (TPSA) is 38.3 Å². The highest BCUT2D eigenvalue weighted by atomic mass is 19.1. The second-order valence-corrected chi connectivity index (χ2v) is 5.99. The molecule has 4 heteroatoms. The standard InChI is InChI=1S/C20H24FNO2/c1-5-18(24-19-8-6-7-13(2)14(19)3)20(23)22-15(4)16-9-11-17(21)12-10-16/h6-12,15,18H,5H2,1-4H3,(H,22,23)/t15-,18-/m1/s1. The van der Waals surface area contributed by atoms with E-state index in [9.17, 15) is 9.18 Å².